The maximum atomic E-state index is 12.9. The van der Waals surface area contributed by atoms with Gasteiger partial charge >= 0.3 is 0 Å². The third-order valence-electron chi connectivity index (χ3n) is 6.02. The first-order valence-electron chi connectivity index (χ1n) is 10.7. The molecular formula is C24H25N3O3. The second kappa shape index (κ2) is 8.30. The fourth-order valence-electron chi connectivity index (χ4n) is 4.26. The SMILES string of the molecule is O=C(C1CC(CCc2ccccc2)=NO1)N1CCC(c2nc3ccccc3o2)CC1. The molecular weight excluding hydrogens is 378 g/mol. The maximum absolute atomic E-state index is 12.9. The van der Waals surface area contributed by atoms with Crippen molar-refractivity contribution in [3.8, 4) is 0 Å². The van der Waals surface area contributed by atoms with Gasteiger partial charge in [0.05, 0.1) is 5.71 Å². The average Bonchev–Trinajstić information content (AvgIpc) is 3.45. The summed E-state index contributed by atoms with van der Waals surface area (Å²) in [5.74, 6) is 1.08. The molecule has 5 rings (SSSR count). The Kier molecular flexibility index (Phi) is 5.22. The summed E-state index contributed by atoms with van der Waals surface area (Å²) in [4.78, 5) is 24.9. The summed E-state index contributed by atoms with van der Waals surface area (Å²) >= 11 is 0. The van der Waals surface area contributed by atoms with Crippen LogP contribution in [0.5, 0.6) is 0 Å². The second-order valence-corrected chi connectivity index (χ2v) is 8.06. The van der Waals surface area contributed by atoms with Gasteiger partial charge in [0.15, 0.2) is 11.5 Å². The molecule has 2 aliphatic rings. The van der Waals surface area contributed by atoms with E-state index in [2.05, 4.69) is 22.3 Å². The highest BCUT2D eigenvalue weighted by atomic mass is 16.6. The molecule has 154 valence electrons. The number of aryl methyl sites for hydroxylation is 1. The number of aromatic nitrogens is 1. The fraction of sp³-hybridized carbons (Fsp3) is 0.375. The number of hydrogen-bond donors (Lipinski definition) is 0. The zero-order chi connectivity index (χ0) is 20.3. The van der Waals surface area contributed by atoms with E-state index in [1.54, 1.807) is 0 Å². The van der Waals surface area contributed by atoms with E-state index in [9.17, 15) is 4.79 Å². The van der Waals surface area contributed by atoms with E-state index in [1.165, 1.54) is 5.56 Å². The second-order valence-electron chi connectivity index (χ2n) is 8.06. The highest BCUT2D eigenvalue weighted by molar-refractivity contribution is 5.93. The number of para-hydroxylation sites is 2. The standard InChI is InChI=1S/C24H25N3O3/c28-24(22-16-19(26-30-22)11-10-17-6-2-1-3-7-17)27-14-12-18(13-15-27)23-25-20-8-4-5-9-21(20)29-23/h1-9,18,22H,10-16H2. The summed E-state index contributed by atoms with van der Waals surface area (Å²) in [6.45, 7) is 1.39. The largest absolute Gasteiger partial charge is 0.440 e. The zero-order valence-corrected chi connectivity index (χ0v) is 16.9. The molecule has 30 heavy (non-hydrogen) atoms. The van der Waals surface area contributed by atoms with E-state index in [0.717, 1.165) is 48.4 Å². The van der Waals surface area contributed by atoms with Gasteiger partial charge in [-0.05, 0) is 43.4 Å². The molecule has 0 N–H and O–H groups in total. The van der Waals surface area contributed by atoms with Gasteiger partial charge in [0.25, 0.3) is 5.91 Å². The number of oxime groups is 1. The summed E-state index contributed by atoms with van der Waals surface area (Å²) in [6, 6.07) is 18.1. The number of fused-ring (bicyclic) bond motifs is 1. The van der Waals surface area contributed by atoms with Gasteiger partial charge in [0.1, 0.15) is 5.52 Å². The number of carbonyl (C=O) groups excluding carboxylic acids is 1. The Morgan fingerprint density at radius 3 is 2.57 bits per heavy atom. The first-order chi connectivity index (χ1) is 14.8. The van der Waals surface area contributed by atoms with Gasteiger partial charge in [-0.15, -0.1) is 0 Å². The van der Waals surface area contributed by atoms with Crippen LogP contribution in [0.15, 0.2) is 64.2 Å². The van der Waals surface area contributed by atoms with E-state index in [0.29, 0.717) is 19.5 Å². The molecule has 1 saturated heterocycles. The molecule has 2 aliphatic heterocycles. The van der Waals surface area contributed by atoms with Gasteiger partial charge in [-0.3, -0.25) is 4.79 Å². The summed E-state index contributed by atoms with van der Waals surface area (Å²) < 4.78 is 5.92. The normalized spacial score (nSPS) is 19.7. The van der Waals surface area contributed by atoms with E-state index >= 15 is 0 Å². The number of likely N-dealkylation sites (tertiary alicyclic amines) is 1. The van der Waals surface area contributed by atoms with Crippen LogP contribution in [0.1, 0.15) is 43.1 Å². The minimum atomic E-state index is -0.475. The molecule has 0 bridgehead atoms. The fourth-order valence-corrected chi connectivity index (χ4v) is 4.26. The molecule has 1 fully saturated rings. The van der Waals surface area contributed by atoms with Crippen molar-refractivity contribution in [3.05, 3.63) is 66.1 Å². The zero-order valence-electron chi connectivity index (χ0n) is 16.9. The molecule has 1 atom stereocenters. The highest BCUT2D eigenvalue weighted by Crippen LogP contribution is 2.30. The van der Waals surface area contributed by atoms with Crippen LogP contribution in [-0.4, -0.2) is 40.7 Å². The van der Waals surface area contributed by atoms with Crippen molar-refractivity contribution in [2.45, 2.75) is 44.1 Å². The molecule has 1 amide bonds. The number of rotatable bonds is 5. The van der Waals surface area contributed by atoms with Crippen molar-refractivity contribution in [2.24, 2.45) is 5.16 Å². The average molecular weight is 403 g/mol. The number of piperidine rings is 1. The molecule has 6 nitrogen and oxygen atoms in total. The molecule has 0 spiro atoms. The predicted molar refractivity (Wildman–Crippen MR) is 114 cm³/mol. The van der Waals surface area contributed by atoms with Crippen LogP contribution in [0.4, 0.5) is 0 Å². The summed E-state index contributed by atoms with van der Waals surface area (Å²) in [5.41, 5.74) is 3.96. The lowest BCUT2D eigenvalue weighted by molar-refractivity contribution is -0.143. The highest BCUT2D eigenvalue weighted by Gasteiger charge is 2.34. The third kappa shape index (κ3) is 3.95. The quantitative estimate of drug-likeness (QED) is 0.637. The van der Waals surface area contributed by atoms with Crippen LogP contribution in [0.2, 0.25) is 0 Å². The number of hydrogen-bond acceptors (Lipinski definition) is 5. The van der Waals surface area contributed by atoms with Crippen LogP contribution in [0, 0.1) is 0 Å². The number of benzene rings is 2. The monoisotopic (exact) mass is 403 g/mol. The van der Waals surface area contributed by atoms with Crippen molar-refractivity contribution >= 4 is 22.7 Å². The van der Waals surface area contributed by atoms with Crippen molar-refractivity contribution in [2.75, 3.05) is 13.1 Å². The third-order valence-corrected chi connectivity index (χ3v) is 6.02. The summed E-state index contributed by atoms with van der Waals surface area (Å²) in [5, 5.41) is 4.18. The minimum absolute atomic E-state index is 0.0458. The van der Waals surface area contributed by atoms with Gasteiger partial charge in [0.2, 0.25) is 6.10 Å². The van der Waals surface area contributed by atoms with Crippen molar-refractivity contribution in [1.29, 1.82) is 0 Å². The maximum Gasteiger partial charge on any atom is 0.266 e. The van der Waals surface area contributed by atoms with Crippen LogP contribution in [0.25, 0.3) is 11.1 Å². The van der Waals surface area contributed by atoms with Crippen molar-refractivity contribution < 1.29 is 14.0 Å². The van der Waals surface area contributed by atoms with Gasteiger partial charge in [0, 0.05) is 25.4 Å². The van der Waals surface area contributed by atoms with E-state index in [4.69, 9.17) is 9.25 Å². The Hall–Kier alpha value is -3.15. The van der Waals surface area contributed by atoms with E-state index in [1.807, 2.05) is 47.4 Å². The molecule has 0 aliphatic carbocycles. The van der Waals surface area contributed by atoms with Crippen LogP contribution in [0.3, 0.4) is 0 Å². The Labute approximate surface area is 175 Å². The minimum Gasteiger partial charge on any atom is -0.440 e. The van der Waals surface area contributed by atoms with Gasteiger partial charge in [-0.2, -0.15) is 0 Å². The van der Waals surface area contributed by atoms with E-state index < -0.39 is 6.10 Å². The Morgan fingerprint density at radius 1 is 1.00 bits per heavy atom. The Morgan fingerprint density at radius 2 is 1.77 bits per heavy atom. The smallest absolute Gasteiger partial charge is 0.266 e. The first kappa shape index (κ1) is 18.9. The lowest BCUT2D eigenvalue weighted by atomic mass is 9.96. The Bertz CT molecular complexity index is 1020. The predicted octanol–water partition coefficient (Wildman–Crippen LogP) is 4.31. The molecule has 0 radical (unpaired) electrons. The molecule has 6 heteroatoms. The number of nitrogens with zero attached hydrogens (tertiary/aromatic N) is 3. The number of oxazole rings is 1. The van der Waals surface area contributed by atoms with Gasteiger partial charge < -0.3 is 14.2 Å². The van der Waals surface area contributed by atoms with Crippen molar-refractivity contribution in [1.82, 2.24) is 9.88 Å². The number of amides is 1. The lowest BCUT2D eigenvalue weighted by Crippen LogP contribution is -2.43. The van der Waals surface area contributed by atoms with Crippen molar-refractivity contribution in [3.63, 3.8) is 0 Å². The van der Waals surface area contributed by atoms with Gasteiger partial charge in [-0.25, -0.2) is 4.98 Å². The molecule has 2 aromatic carbocycles. The topological polar surface area (TPSA) is 67.9 Å². The van der Waals surface area contributed by atoms with Gasteiger partial charge in [-0.1, -0.05) is 47.6 Å². The molecule has 3 aromatic rings. The first-order valence-corrected chi connectivity index (χ1v) is 10.7. The van der Waals surface area contributed by atoms with E-state index in [-0.39, 0.29) is 11.8 Å². The molecule has 1 unspecified atom stereocenters. The lowest BCUT2D eigenvalue weighted by Gasteiger charge is -2.31. The summed E-state index contributed by atoms with van der Waals surface area (Å²) in [7, 11) is 0. The van der Waals surface area contributed by atoms with Crippen LogP contribution < -0.4 is 0 Å². The van der Waals surface area contributed by atoms with Crippen LogP contribution >= 0.6 is 0 Å². The molecule has 3 heterocycles. The molecule has 0 saturated carbocycles. The molecule has 1 aromatic heterocycles. The summed E-state index contributed by atoms with van der Waals surface area (Å²) in [6.07, 6.45) is 3.57. The van der Waals surface area contributed by atoms with Crippen LogP contribution in [-0.2, 0) is 16.1 Å². The Balaban J connectivity index is 1.12. The number of carbonyl (C=O) groups is 1.